The zero-order valence-corrected chi connectivity index (χ0v) is 32.1. The van der Waals surface area contributed by atoms with E-state index in [1.807, 2.05) is 37.5 Å². The molecule has 13 nitrogen and oxygen atoms in total. The monoisotopic (exact) mass is 772 g/mol. The maximum absolute atomic E-state index is 13.7. The van der Waals surface area contributed by atoms with Gasteiger partial charge in [-0.3, -0.25) is 19.5 Å². The van der Waals surface area contributed by atoms with Crippen molar-refractivity contribution in [1.29, 1.82) is 0 Å². The van der Waals surface area contributed by atoms with Crippen LogP contribution in [0.15, 0.2) is 61.3 Å². The maximum atomic E-state index is 13.7. The predicted octanol–water partition coefficient (Wildman–Crippen LogP) is 6.31. The predicted molar refractivity (Wildman–Crippen MR) is 213 cm³/mol. The summed E-state index contributed by atoms with van der Waals surface area (Å²) in [6.45, 7) is 8.58. The first-order valence-corrected chi connectivity index (χ1v) is 20.6. The van der Waals surface area contributed by atoms with E-state index in [2.05, 4.69) is 65.8 Å². The first-order chi connectivity index (χ1) is 26.5. The van der Waals surface area contributed by atoms with E-state index < -0.39 is 20.7 Å². The Kier molecular flexibility index (Phi) is 10.2. The van der Waals surface area contributed by atoms with Gasteiger partial charge in [-0.05, 0) is 57.5 Å². The Morgan fingerprint density at radius 1 is 0.927 bits per heavy atom. The largest absolute Gasteiger partial charge is 0.482 e. The van der Waals surface area contributed by atoms with Crippen molar-refractivity contribution in [3.63, 3.8) is 0 Å². The number of likely N-dealkylation sites (N-methyl/N-ethyl adjacent to an activating group) is 1. The topological polar surface area (TPSA) is 128 Å². The van der Waals surface area contributed by atoms with Crippen LogP contribution < -0.4 is 25.6 Å². The van der Waals surface area contributed by atoms with E-state index in [0.717, 1.165) is 96.3 Å². The Hall–Kier alpha value is -5.05. The number of piperidine rings is 1. The standard InChI is InChI=1S/C38H44F3N12OP/c1-50-15-17-52(18-16-50)25-8-13-53(14-9-25)31-20-32(54-23-38(39,40)41)30(19-27(31)24-21-45-51(2)22-24)47-37-48-35-26(7-10-44-35)36(49-37)46-29-6-5-28-33(34(29)55(3)4)43-12-11-42-28/h5-7,10-12,19-22,25H,8-9,13-18,23H2,1-4H3,(H3,44,46,47,48,49). The number of hydrogen-bond acceptors (Lipinski definition) is 11. The van der Waals surface area contributed by atoms with Crippen molar-refractivity contribution in [2.24, 2.45) is 7.05 Å². The summed E-state index contributed by atoms with van der Waals surface area (Å²) in [5.74, 6) is 0.730. The first-order valence-electron chi connectivity index (χ1n) is 18.3. The second-order valence-electron chi connectivity index (χ2n) is 14.4. The molecule has 0 radical (unpaired) electrons. The summed E-state index contributed by atoms with van der Waals surface area (Å²) >= 11 is 0. The summed E-state index contributed by atoms with van der Waals surface area (Å²) in [5.41, 5.74) is 5.73. The fourth-order valence-corrected chi connectivity index (χ4v) is 8.78. The fraction of sp³-hybridized carbons (Fsp3) is 0.395. The molecule has 0 saturated carbocycles. The molecule has 17 heteroatoms. The highest BCUT2D eigenvalue weighted by molar-refractivity contribution is 7.65. The SMILES string of the molecule is CN1CCN(C2CCN(c3cc(OCC(F)(F)F)c(Nc4nc(Nc5ccc6nccnc6c5P(C)C)c5cc[nH]c5n4)cc3-c3cnn(C)c3)CC2)CC1. The summed E-state index contributed by atoms with van der Waals surface area (Å²) in [5, 5.41) is 13.0. The zero-order chi connectivity index (χ0) is 38.3. The van der Waals surface area contributed by atoms with E-state index in [4.69, 9.17) is 14.7 Å². The number of alkyl halides is 3. The number of nitrogens with one attached hydrogen (secondary N) is 3. The molecule has 2 aromatic carbocycles. The Morgan fingerprint density at radius 2 is 1.71 bits per heavy atom. The molecule has 0 aliphatic carbocycles. The van der Waals surface area contributed by atoms with Gasteiger partial charge in [0.05, 0.1) is 28.3 Å². The lowest BCUT2D eigenvalue weighted by Gasteiger charge is -2.43. The highest BCUT2D eigenvalue weighted by Gasteiger charge is 2.31. The average Bonchev–Trinajstić information content (AvgIpc) is 3.83. The van der Waals surface area contributed by atoms with Crippen molar-refractivity contribution in [1.82, 2.24) is 44.5 Å². The molecule has 3 N–H and O–H groups in total. The van der Waals surface area contributed by atoms with Gasteiger partial charge in [-0.1, -0.05) is 7.92 Å². The van der Waals surface area contributed by atoms with E-state index in [1.165, 1.54) is 0 Å². The van der Waals surface area contributed by atoms with E-state index in [9.17, 15) is 13.2 Å². The number of aromatic amines is 1. The molecule has 0 spiro atoms. The van der Waals surface area contributed by atoms with Crippen LogP contribution in [0.4, 0.5) is 42.0 Å². The summed E-state index contributed by atoms with van der Waals surface area (Å²) in [7, 11) is 3.39. The number of rotatable bonds is 10. The average molecular weight is 773 g/mol. The van der Waals surface area contributed by atoms with Crippen LogP contribution in [0.5, 0.6) is 5.75 Å². The number of anilines is 5. The number of aryl methyl sites for hydroxylation is 1. The zero-order valence-electron chi connectivity index (χ0n) is 31.2. The smallest absolute Gasteiger partial charge is 0.422 e. The quantitative estimate of drug-likeness (QED) is 0.136. The molecule has 0 bridgehead atoms. The number of fused-ring (bicyclic) bond motifs is 2. The Bertz CT molecular complexity index is 2290. The van der Waals surface area contributed by atoms with Crippen LogP contribution in [0.25, 0.3) is 33.2 Å². The van der Waals surface area contributed by atoms with Gasteiger partial charge in [-0.25, -0.2) is 0 Å². The van der Waals surface area contributed by atoms with E-state index >= 15 is 0 Å². The van der Waals surface area contributed by atoms with Gasteiger partial charge in [0.2, 0.25) is 5.95 Å². The normalized spacial score (nSPS) is 16.4. The van der Waals surface area contributed by atoms with Crippen LogP contribution in [0.3, 0.4) is 0 Å². The molecule has 55 heavy (non-hydrogen) atoms. The molecule has 6 aromatic rings. The number of ether oxygens (including phenoxy) is 1. The number of piperazine rings is 1. The molecule has 0 amide bonds. The number of hydrogen-bond donors (Lipinski definition) is 3. The lowest BCUT2D eigenvalue weighted by molar-refractivity contribution is -0.153. The van der Waals surface area contributed by atoms with Crippen molar-refractivity contribution >= 4 is 64.1 Å². The summed E-state index contributed by atoms with van der Waals surface area (Å²) in [6, 6.07) is 9.77. The number of benzene rings is 2. The minimum atomic E-state index is -4.54. The number of nitrogens with zero attached hydrogens (tertiary/aromatic N) is 9. The van der Waals surface area contributed by atoms with Crippen molar-refractivity contribution in [3.8, 4) is 16.9 Å². The lowest BCUT2D eigenvalue weighted by Crippen LogP contribution is -2.52. The molecule has 2 aliphatic heterocycles. The molecular weight excluding hydrogens is 728 g/mol. The third-order valence-corrected chi connectivity index (χ3v) is 11.7. The van der Waals surface area contributed by atoms with Crippen molar-refractivity contribution in [2.75, 3.05) is 81.8 Å². The Morgan fingerprint density at radius 3 is 2.44 bits per heavy atom. The van der Waals surface area contributed by atoms with Gasteiger partial charge in [0, 0.05) is 111 Å². The van der Waals surface area contributed by atoms with Gasteiger partial charge in [0.1, 0.15) is 17.2 Å². The molecule has 288 valence electrons. The summed E-state index contributed by atoms with van der Waals surface area (Å²) in [4.78, 5) is 29.1. The van der Waals surface area contributed by atoms with Gasteiger partial charge in [-0.2, -0.15) is 28.2 Å². The third-order valence-electron chi connectivity index (χ3n) is 10.3. The molecule has 2 saturated heterocycles. The van der Waals surface area contributed by atoms with Crippen LogP contribution in [-0.4, -0.2) is 123 Å². The molecule has 0 unspecified atom stereocenters. The molecule has 6 heterocycles. The number of H-pyrrole nitrogens is 1. The third kappa shape index (κ3) is 8.03. The van der Waals surface area contributed by atoms with Gasteiger partial charge in [0.25, 0.3) is 0 Å². The lowest BCUT2D eigenvalue weighted by atomic mass is 9.98. The van der Waals surface area contributed by atoms with E-state index in [0.29, 0.717) is 23.2 Å². The van der Waals surface area contributed by atoms with Crippen LogP contribution in [0.2, 0.25) is 0 Å². The molecule has 2 aliphatic rings. The Balaban J connectivity index is 1.16. The van der Waals surface area contributed by atoms with Gasteiger partial charge in [0.15, 0.2) is 6.61 Å². The molecule has 8 rings (SSSR count). The minimum Gasteiger partial charge on any atom is -0.482 e. The van der Waals surface area contributed by atoms with Crippen LogP contribution in [0.1, 0.15) is 12.8 Å². The van der Waals surface area contributed by atoms with Crippen LogP contribution in [-0.2, 0) is 7.05 Å². The van der Waals surface area contributed by atoms with E-state index in [-0.39, 0.29) is 11.7 Å². The maximum Gasteiger partial charge on any atom is 0.422 e. The molecule has 4 aromatic heterocycles. The Labute approximate surface area is 318 Å². The summed E-state index contributed by atoms with van der Waals surface area (Å²) in [6.07, 6.45) is 6.17. The fourth-order valence-electron chi connectivity index (χ4n) is 7.57. The second-order valence-corrected chi connectivity index (χ2v) is 16.6. The molecule has 0 atom stereocenters. The van der Waals surface area contributed by atoms with Gasteiger partial charge >= 0.3 is 6.18 Å². The van der Waals surface area contributed by atoms with Crippen molar-refractivity contribution < 1.29 is 17.9 Å². The highest BCUT2D eigenvalue weighted by Crippen LogP contribution is 2.42. The van der Waals surface area contributed by atoms with E-state index in [1.54, 1.807) is 35.5 Å². The summed E-state index contributed by atoms with van der Waals surface area (Å²) < 4.78 is 48.4. The van der Waals surface area contributed by atoms with Gasteiger partial charge in [-0.15, -0.1) is 0 Å². The van der Waals surface area contributed by atoms with Crippen LogP contribution >= 0.6 is 7.92 Å². The molecular formula is C38H44F3N12OP. The van der Waals surface area contributed by atoms with Gasteiger partial charge < -0.3 is 30.2 Å². The highest BCUT2D eigenvalue weighted by atomic mass is 31.1. The molecule has 2 fully saturated rings. The number of halogens is 3. The van der Waals surface area contributed by atoms with Crippen LogP contribution in [0, 0.1) is 0 Å². The first kappa shape index (κ1) is 36.9. The second kappa shape index (κ2) is 15.2. The van der Waals surface area contributed by atoms with Crippen molar-refractivity contribution in [2.45, 2.75) is 25.1 Å². The minimum absolute atomic E-state index is 0.0452. The number of aromatic nitrogens is 7. The van der Waals surface area contributed by atoms with Crippen molar-refractivity contribution in [3.05, 3.63) is 61.3 Å².